The zero-order chi connectivity index (χ0) is 24.8. The van der Waals surface area contributed by atoms with Crippen LogP contribution in [0.25, 0.3) is 16.6 Å². The van der Waals surface area contributed by atoms with Crippen molar-refractivity contribution in [2.75, 3.05) is 18.9 Å². The highest BCUT2D eigenvalue weighted by Gasteiger charge is 2.23. The monoisotopic (exact) mass is 502 g/mol. The highest BCUT2D eigenvalue weighted by molar-refractivity contribution is 7.93. The van der Waals surface area contributed by atoms with Gasteiger partial charge in [0, 0.05) is 19.3 Å². The number of hydrogen-bond donors (Lipinski definition) is 3. The van der Waals surface area contributed by atoms with Gasteiger partial charge in [0.2, 0.25) is 16.0 Å². The molecule has 35 heavy (non-hydrogen) atoms. The first-order chi connectivity index (χ1) is 16.9. The number of nitrogens with zero attached hydrogens (tertiary/aromatic N) is 4. The Bertz CT molecular complexity index is 1180. The molecule has 192 valence electrons. The molecule has 0 saturated heterocycles. The molecule has 0 spiro atoms. The molecule has 0 atom stereocenters. The van der Waals surface area contributed by atoms with Crippen LogP contribution in [0.1, 0.15) is 76.8 Å². The average Bonchev–Trinajstić information content (AvgIpc) is 3.23. The Morgan fingerprint density at radius 2 is 1.94 bits per heavy atom. The Hall–Kier alpha value is -2.30. The summed E-state index contributed by atoms with van der Waals surface area (Å²) in [6, 6.07) is 0. The summed E-state index contributed by atoms with van der Waals surface area (Å²) < 4.78 is 28.7. The van der Waals surface area contributed by atoms with E-state index in [1.165, 1.54) is 7.05 Å². The Balaban J connectivity index is 1.57. The smallest absolute Gasteiger partial charge is 0.236 e. The molecule has 2 aromatic rings. The zero-order valence-corrected chi connectivity index (χ0v) is 21.6. The maximum absolute atomic E-state index is 12.2. The van der Waals surface area contributed by atoms with Crippen LogP contribution in [0, 0.1) is 5.92 Å². The number of aromatic nitrogens is 4. The fourth-order valence-electron chi connectivity index (χ4n) is 4.95. The van der Waals surface area contributed by atoms with Crippen molar-refractivity contribution in [3.05, 3.63) is 28.9 Å². The van der Waals surface area contributed by atoms with Gasteiger partial charge in [0.05, 0.1) is 22.1 Å². The summed E-state index contributed by atoms with van der Waals surface area (Å²) in [6.07, 6.45) is 14.6. The van der Waals surface area contributed by atoms with Crippen LogP contribution in [0.4, 0.5) is 5.95 Å². The first kappa shape index (κ1) is 25.8. The number of aliphatic hydroxyl groups excluding tert-OH is 1. The highest BCUT2D eigenvalue weighted by Crippen LogP contribution is 2.33. The fraction of sp³-hybridized carbons (Fsp3) is 0.640. The molecule has 3 N–H and O–H groups in total. The molecule has 9 nitrogen and oxygen atoms in total. The van der Waals surface area contributed by atoms with E-state index in [4.69, 9.17) is 10.1 Å². The van der Waals surface area contributed by atoms with Crippen molar-refractivity contribution in [3.63, 3.8) is 0 Å². The molecule has 2 aromatic heterocycles. The number of anilines is 1. The second-order valence-electron chi connectivity index (χ2n) is 9.63. The van der Waals surface area contributed by atoms with E-state index in [2.05, 4.69) is 21.9 Å². The predicted octanol–water partition coefficient (Wildman–Crippen LogP) is 3.98. The molecule has 2 aliphatic rings. The first-order valence-electron chi connectivity index (χ1n) is 12.9. The van der Waals surface area contributed by atoms with Crippen molar-refractivity contribution >= 4 is 32.6 Å². The van der Waals surface area contributed by atoms with Gasteiger partial charge in [0.15, 0.2) is 5.65 Å². The van der Waals surface area contributed by atoms with Crippen LogP contribution in [0.3, 0.4) is 0 Å². The van der Waals surface area contributed by atoms with E-state index in [0.717, 1.165) is 86.8 Å². The number of fused-ring (bicyclic) bond motifs is 1. The first-order valence-corrected chi connectivity index (χ1v) is 14.4. The molecular formula is C25H38N6O3S. The maximum atomic E-state index is 12.2. The molecule has 1 fully saturated rings. The summed E-state index contributed by atoms with van der Waals surface area (Å²) in [5.41, 5.74) is 2.64. The van der Waals surface area contributed by atoms with E-state index in [1.54, 1.807) is 6.08 Å². The summed E-state index contributed by atoms with van der Waals surface area (Å²) in [4.78, 5) is 9.72. The summed E-state index contributed by atoms with van der Waals surface area (Å²) >= 11 is 0. The van der Waals surface area contributed by atoms with E-state index < -0.39 is 10.0 Å². The minimum absolute atomic E-state index is 0.124. The van der Waals surface area contributed by atoms with Gasteiger partial charge in [0.1, 0.15) is 0 Å². The highest BCUT2D eigenvalue weighted by atomic mass is 32.2. The Kier molecular flexibility index (Phi) is 8.56. The topological polar surface area (TPSA) is 122 Å². The summed E-state index contributed by atoms with van der Waals surface area (Å²) in [7, 11) is -1.98. The van der Waals surface area contributed by atoms with E-state index in [9.17, 15) is 13.5 Å². The molecule has 4 rings (SSSR count). The van der Waals surface area contributed by atoms with E-state index in [0.29, 0.717) is 29.6 Å². The van der Waals surface area contributed by atoms with Crippen molar-refractivity contribution in [2.24, 2.45) is 5.92 Å². The zero-order valence-electron chi connectivity index (χ0n) is 20.8. The van der Waals surface area contributed by atoms with E-state index in [-0.39, 0.29) is 6.10 Å². The lowest BCUT2D eigenvalue weighted by Crippen LogP contribution is -2.21. The van der Waals surface area contributed by atoms with Gasteiger partial charge in [-0.3, -0.25) is 0 Å². The second kappa shape index (κ2) is 11.6. The normalized spacial score (nSPS) is 21.1. The van der Waals surface area contributed by atoms with Crippen LogP contribution in [0.5, 0.6) is 0 Å². The fourth-order valence-corrected chi connectivity index (χ4v) is 5.83. The van der Waals surface area contributed by atoms with Crippen molar-refractivity contribution in [2.45, 2.75) is 83.8 Å². The van der Waals surface area contributed by atoms with E-state index >= 15 is 0 Å². The quantitative estimate of drug-likeness (QED) is 0.397. The minimum Gasteiger partial charge on any atom is -0.393 e. The lowest BCUT2D eigenvalue weighted by atomic mass is 9.85. The minimum atomic E-state index is -3.41. The van der Waals surface area contributed by atoms with Crippen molar-refractivity contribution in [1.29, 1.82) is 0 Å². The van der Waals surface area contributed by atoms with Gasteiger partial charge in [-0.2, -0.15) is 10.1 Å². The van der Waals surface area contributed by atoms with Crippen LogP contribution in [0.15, 0.2) is 23.3 Å². The molecule has 0 amide bonds. The third kappa shape index (κ3) is 6.29. The van der Waals surface area contributed by atoms with Crippen molar-refractivity contribution < 1.29 is 13.5 Å². The van der Waals surface area contributed by atoms with Crippen molar-refractivity contribution in [3.8, 4) is 0 Å². The van der Waals surface area contributed by atoms with Crippen molar-refractivity contribution in [1.82, 2.24) is 24.5 Å². The Morgan fingerprint density at radius 3 is 2.63 bits per heavy atom. The number of aryl methyl sites for hydroxylation is 1. The Labute approximate surface area is 208 Å². The molecule has 2 aliphatic carbocycles. The van der Waals surface area contributed by atoms with E-state index in [1.807, 2.05) is 17.0 Å². The molecule has 2 heterocycles. The second-order valence-corrected chi connectivity index (χ2v) is 11.6. The largest absolute Gasteiger partial charge is 0.393 e. The van der Waals surface area contributed by atoms with Gasteiger partial charge >= 0.3 is 0 Å². The van der Waals surface area contributed by atoms with Crippen LogP contribution in [-0.4, -0.2) is 53.0 Å². The number of nitrogens with one attached hydrogen (secondary N) is 2. The van der Waals surface area contributed by atoms with Gasteiger partial charge in [0.25, 0.3) is 0 Å². The molecule has 0 aromatic carbocycles. The number of unbranched alkanes of at least 4 members (excludes halogenated alkanes) is 1. The predicted molar refractivity (Wildman–Crippen MR) is 139 cm³/mol. The maximum Gasteiger partial charge on any atom is 0.236 e. The number of rotatable bonds is 11. The average molecular weight is 503 g/mol. The molecule has 0 radical (unpaired) electrons. The third-order valence-corrected chi connectivity index (χ3v) is 8.70. The SMILES string of the molecule is CCCCNc1ncc2c(C3=CC=C(S(=O)(=O)NC)CC3)nn(CCCC3CCC(O)CC3)c2n1. The lowest BCUT2D eigenvalue weighted by Gasteiger charge is -2.25. The van der Waals surface area contributed by atoms with Crippen LogP contribution in [-0.2, 0) is 16.6 Å². The summed E-state index contributed by atoms with van der Waals surface area (Å²) in [5, 5.41) is 18.9. The lowest BCUT2D eigenvalue weighted by molar-refractivity contribution is 0.105. The molecule has 1 saturated carbocycles. The van der Waals surface area contributed by atoms with Crippen LogP contribution < -0.4 is 10.0 Å². The standard InChI is InChI=1S/C25H38N6O3S/c1-3-4-15-27-25-28-17-22-23(19-9-13-21(14-10-19)35(33,34)26-2)30-31(24(22)29-25)16-5-6-18-7-11-20(32)12-8-18/h9,13,17-18,20,26,32H,3-8,10-12,14-16H2,1-2H3,(H,27,28,29). The van der Waals surface area contributed by atoms with Gasteiger partial charge in [-0.15, -0.1) is 0 Å². The Morgan fingerprint density at radius 1 is 1.14 bits per heavy atom. The number of allylic oxidation sites excluding steroid dienone is 4. The molecule has 10 heteroatoms. The number of hydrogen-bond acceptors (Lipinski definition) is 7. The van der Waals surface area contributed by atoms with Gasteiger partial charge < -0.3 is 10.4 Å². The van der Waals surface area contributed by atoms with Crippen LogP contribution in [0.2, 0.25) is 0 Å². The number of aliphatic hydroxyl groups is 1. The summed E-state index contributed by atoms with van der Waals surface area (Å²) in [5.74, 6) is 1.28. The third-order valence-electron chi connectivity index (χ3n) is 7.13. The number of sulfonamides is 1. The molecule has 0 bridgehead atoms. The van der Waals surface area contributed by atoms with Gasteiger partial charge in [-0.1, -0.05) is 19.4 Å². The molecule has 0 unspecified atom stereocenters. The summed E-state index contributed by atoms with van der Waals surface area (Å²) in [6.45, 7) is 3.75. The molecular weight excluding hydrogens is 464 g/mol. The van der Waals surface area contributed by atoms with Gasteiger partial charge in [-0.25, -0.2) is 22.8 Å². The van der Waals surface area contributed by atoms with Crippen LogP contribution >= 0.6 is 0 Å². The van der Waals surface area contributed by atoms with Gasteiger partial charge in [-0.05, 0) is 82.4 Å². The molecule has 0 aliphatic heterocycles.